The van der Waals surface area contributed by atoms with Crippen LogP contribution in [-0.2, 0) is 4.79 Å². The number of carbonyl (C=O) groups is 2. The van der Waals surface area contributed by atoms with E-state index < -0.39 is 0 Å². The molecule has 1 saturated carbocycles. The van der Waals surface area contributed by atoms with Crippen molar-refractivity contribution in [1.82, 2.24) is 19.9 Å². The Labute approximate surface area is 197 Å². The van der Waals surface area contributed by atoms with Crippen molar-refractivity contribution in [3.8, 4) is 0 Å². The molecular weight excluding hydrogens is 426 g/mol. The van der Waals surface area contributed by atoms with Crippen molar-refractivity contribution < 1.29 is 9.59 Å². The fraction of sp³-hybridized carbons (Fsp3) is 0.370. The Hall–Kier alpha value is -3.61. The van der Waals surface area contributed by atoms with Gasteiger partial charge >= 0.3 is 0 Å². The Kier molecular flexibility index (Phi) is 5.32. The molecule has 0 unspecified atom stereocenters. The highest BCUT2D eigenvalue weighted by atomic mass is 16.2. The van der Waals surface area contributed by atoms with Crippen molar-refractivity contribution in [2.45, 2.75) is 44.4 Å². The first-order chi connectivity index (χ1) is 16.7. The molecule has 7 heteroatoms. The number of benzene rings is 2. The molecule has 6 rings (SSSR count). The highest BCUT2D eigenvalue weighted by Crippen LogP contribution is 2.36. The monoisotopic (exact) mass is 455 g/mol. The Bertz CT molecular complexity index is 1360. The average molecular weight is 456 g/mol. The van der Waals surface area contributed by atoms with Crippen LogP contribution in [0.25, 0.3) is 21.9 Å². The maximum atomic E-state index is 12.9. The fourth-order valence-corrected chi connectivity index (χ4v) is 5.68. The lowest BCUT2D eigenvalue weighted by molar-refractivity contribution is -0.136. The zero-order valence-corrected chi connectivity index (χ0v) is 19.1. The quantitative estimate of drug-likeness (QED) is 0.395. The Morgan fingerprint density at radius 3 is 2.59 bits per heavy atom. The molecule has 1 aliphatic carbocycles. The van der Waals surface area contributed by atoms with Crippen LogP contribution in [0.2, 0.25) is 0 Å². The number of imidazole rings is 1. The lowest BCUT2D eigenvalue weighted by atomic mass is 9.88. The fourth-order valence-electron chi connectivity index (χ4n) is 5.68. The molecule has 4 aromatic rings. The van der Waals surface area contributed by atoms with Gasteiger partial charge in [-0.2, -0.15) is 0 Å². The summed E-state index contributed by atoms with van der Waals surface area (Å²) in [5.74, 6) is 0.889. The second kappa shape index (κ2) is 8.63. The van der Waals surface area contributed by atoms with Crippen LogP contribution in [0, 0.1) is 5.92 Å². The number of nitrogens with one attached hydrogen (secondary N) is 3. The van der Waals surface area contributed by atoms with Crippen LogP contribution in [0.1, 0.15) is 60.4 Å². The highest BCUT2D eigenvalue weighted by Gasteiger charge is 2.31. The topological polar surface area (TPSA) is 93.9 Å². The van der Waals surface area contributed by atoms with Crippen LogP contribution in [0.3, 0.4) is 0 Å². The van der Waals surface area contributed by atoms with Crippen molar-refractivity contribution in [2.75, 3.05) is 18.4 Å². The number of carbonyl (C=O) groups excluding carboxylic acids is 2. The molecule has 1 aliphatic heterocycles. The van der Waals surface area contributed by atoms with Gasteiger partial charge in [-0.05, 0) is 73.6 Å². The van der Waals surface area contributed by atoms with E-state index in [1.165, 1.54) is 18.4 Å². The number of likely N-dealkylation sites (tertiary alicyclic amines) is 1. The maximum Gasteiger partial charge on any atom is 0.255 e. The van der Waals surface area contributed by atoms with Gasteiger partial charge in [-0.3, -0.25) is 9.59 Å². The lowest BCUT2D eigenvalue weighted by Gasteiger charge is -2.33. The minimum atomic E-state index is -0.147. The standard InChI is InChI=1S/C27H29N5O2/c33-26(19-5-7-24-25(13-19)30-16-29-24)31-20-6-8-23-21(14-20)22(15-28-23)17-9-11-32(12-10-17)27(34)18-3-1-2-4-18/h5-8,13-18,28H,1-4,9-12H2,(H,29,30)(H,31,33). The van der Waals surface area contributed by atoms with Crippen LogP contribution in [-0.4, -0.2) is 44.8 Å². The van der Waals surface area contributed by atoms with Gasteiger partial charge in [0.15, 0.2) is 0 Å². The predicted octanol–water partition coefficient (Wildman–Crippen LogP) is 5.19. The van der Waals surface area contributed by atoms with Crippen molar-refractivity contribution in [1.29, 1.82) is 0 Å². The van der Waals surface area contributed by atoms with Gasteiger partial charge in [0.25, 0.3) is 5.91 Å². The van der Waals surface area contributed by atoms with E-state index in [1.54, 1.807) is 12.4 Å². The van der Waals surface area contributed by atoms with Crippen molar-refractivity contribution in [3.63, 3.8) is 0 Å². The van der Waals surface area contributed by atoms with E-state index in [0.29, 0.717) is 17.4 Å². The van der Waals surface area contributed by atoms with Crippen LogP contribution in [0.15, 0.2) is 48.9 Å². The first kappa shape index (κ1) is 21.0. The zero-order chi connectivity index (χ0) is 23.1. The molecule has 1 saturated heterocycles. The van der Waals surface area contributed by atoms with E-state index in [0.717, 1.165) is 66.4 Å². The van der Waals surface area contributed by atoms with Crippen LogP contribution < -0.4 is 5.32 Å². The highest BCUT2D eigenvalue weighted by molar-refractivity contribution is 6.06. The second-order valence-corrected chi connectivity index (χ2v) is 9.67. The molecule has 0 radical (unpaired) electrons. The molecule has 2 aromatic carbocycles. The SMILES string of the molecule is O=C(Nc1ccc2[nH]cc(C3CCN(C(=O)C4CCCC4)CC3)c2c1)c1ccc2nc[nH]c2c1. The molecule has 0 bridgehead atoms. The van der Waals surface area contributed by atoms with E-state index >= 15 is 0 Å². The molecule has 0 spiro atoms. The van der Waals surface area contributed by atoms with E-state index in [4.69, 9.17) is 0 Å². The number of anilines is 1. The molecule has 2 fully saturated rings. The third-order valence-electron chi connectivity index (χ3n) is 7.60. The minimum Gasteiger partial charge on any atom is -0.361 e. The normalized spacial score (nSPS) is 17.6. The predicted molar refractivity (Wildman–Crippen MR) is 133 cm³/mol. The smallest absolute Gasteiger partial charge is 0.255 e. The number of aromatic amines is 2. The molecular formula is C27H29N5O2. The molecule has 0 atom stereocenters. The van der Waals surface area contributed by atoms with Crippen molar-refractivity contribution in [3.05, 3.63) is 60.0 Å². The third-order valence-corrected chi connectivity index (χ3v) is 7.60. The first-order valence-corrected chi connectivity index (χ1v) is 12.3. The summed E-state index contributed by atoms with van der Waals surface area (Å²) < 4.78 is 0. The maximum absolute atomic E-state index is 12.9. The van der Waals surface area contributed by atoms with Gasteiger partial charge in [0.2, 0.25) is 5.91 Å². The second-order valence-electron chi connectivity index (χ2n) is 9.67. The molecule has 7 nitrogen and oxygen atoms in total. The van der Waals surface area contributed by atoms with Gasteiger partial charge in [-0.1, -0.05) is 12.8 Å². The number of amides is 2. The number of nitrogens with zero attached hydrogens (tertiary/aromatic N) is 2. The molecule has 2 aliphatic rings. The summed E-state index contributed by atoms with van der Waals surface area (Å²) in [5.41, 5.74) is 5.39. The van der Waals surface area contributed by atoms with E-state index in [2.05, 4.69) is 37.4 Å². The first-order valence-electron chi connectivity index (χ1n) is 12.3. The van der Waals surface area contributed by atoms with E-state index in [9.17, 15) is 9.59 Å². The van der Waals surface area contributed by atoms with Gasteiger partial charge < -0.3 is 20.2 Å². The van der Waals surface area contributed by atoms with Crippen LogP contribution >= 0.6 is 0 Å². The molecule has 2 aromatic heterocycles. The largest absolute Gasteiger partial charge is 0.361 e. The number of fused-ring (bicyclic) bond motifs is 2. The van der Waals surface area contributed by atoms with Crippen LogP contribution in [0.5, 0.6) is 0 Å². The molecule has 174 valence electrons. The summed E-state index contributed by atoms with van der Waals surface area (Å²) in [6, 6.07) is 11.5. The molecule has 34 heavy (non-hydrogen) atoms. The van der Waals surface area contributed by atoms with Gasteiger partial charge in [-0.25, -0.2) is 4.98 Å². The number of H-pyrrole nitrogens is 2. The molecule has 3 heterocycles. The lowest BCUT2D eigenvalue weighted by Crippen LogP contribution is -2.40. The molecule has 3 N–H and O–H groups in total. The van der Waals surface area contributed by atoms with Crippen molar-refractivity contribution in [2.24, 2.45) is 5.92 Å². The van der Waals surface area contributed by atoms with Gasteiger partial charge in [0.05, 0.1) is 17.4 Å². The number of rotatable bonds is 4. The Morgan fingerprint density at radius 2 is 1.76 bits per heavy atom. The number of hydrogen-bond donors (Lipinski definition) is 3. The number of piperidine rings is 1. The average Bonchev–Trinajstić information content (AvgIpc) is 3.64. The van der Waals surface area contributed by atoms with Crippen LogP contribution in [0.4, 0.5) is 5.69 Å². The number of hydrogen-bond acceptors (Lipinski definition) is 3. The summed E-state index contributed by atoms with van der Waals surface area (Å²) in [6.45, 7) is 1.67. The third kappa shape index (κ3) is 3.85. The summed E-state index contributed by atoms with van der Waals surface area (Å²) >= 11 is 0. The summed E-state index contributed by atoms with van der Waals surface area (Å²) in [7, 11) is 0. The van der Waals surface area contributed by atoms with E-state index in [1.807, 2.05) is 24.3 Å². The van der Waals surface area contributed by atoms with Crippen molar-refractivity contribution >= 4 is 39.4 Å². The zero-order valence-electron chi connectivity index (χ0n) is 19.1. The Morgan fingerprint density at radius 1 is 0.941 bits per heavy atom. The molecule has 2 amide bonds. The van der Waals surface area contributed by atoms with E-state index in [-0.39, 0.29) is 11.8 Å². The number of aromatic nitrogens is 3. The van der Waals surface area contributed by atoms with Gasteiger partial charge in [-0.15, -0.1) is 0 Å². The van der Waals surface area contributed by atoms with Gasteiger partial charge in [0, 0.05) is 47.4 Å². The summed E-state index contributed by atoms with van der Waals surface area (Å²) in [4.78, 5) is 38.4. The summed E-state index contributed by atoms with van der Waals surface area (Å²) in [6.07, 6.45) is 10.2. The minimum absolute atomic E-state index is 0.147. The van der Waals surface area contributed by atoms with Gasteiger partial charge in [0.1, 0.15) is 0 Å². The Balaban J connectivity index is 1.17. The summed E-state index contributed by atoms with van der Waals surface area (Å²) in [5, 5.41) is 4.18.